The van der Waals surface area contributed by atoms with Gasteiger partial charge < -0.3 is 41.8 Å². The summed E-state index contributed by atoms with van der Waals surface area (Å²) in [6, 6.07) is 9.84. The van der Waals surface area contributed by atoms with E-state index >= 15 is 4.39 Å². The average Bonchev–Trinajstić information content (AvgIpc) is 3.53. The van der Waals surface area contributed by atoms with Gasteiger partial charge in [-0.25, -0.2) is 13.6 Å². The average molecular weight is 769 g/mol. The van der Waals surface area contributed by atoms with E-state index in [0.717, 1.165) is 23.8 Å². The smallest absolute Gasteiger partial charge is 0.326 e. The fraction of sp³-hybridized carbons (Fsp3) is 0.475. The van der Waals surface area contributed by atoms with E-state index < -0.39 is 71.5 Å². The number of unbranched alkanes of at least 4 members (excludes halogenated alkanes) is 1. The number of hydrogen-bond donors (Lipinski definition) is 6. The molecule has 0 bridgehead atoms. The number of aliphatic hydroxyl groups excluding tert-OH is 1. The maximum Gasteiger partial charge on any atom is 0.326 e. The second kappa shape index (κ2) is 20.6. The van der Waals surface area contributed by atoms with E-state index in [4.69, 9.17) is 11.5 Å². The van der Waals surface area contributed by atoms with Crippen LogP contribution in [0, 0.1) is 17.0 Å². The summed E-state index contributed by atoms with van der Waals surface area (Å²) in [5, 5.41) is 24.9. The molecule has 0 aliphatic carbocycles. The summed E-state index contributed by atoms with van der Waals surface area (Å²) in [7, 11) is 0. The van der Waals surface area contributed by atoms with Crippen molar-refractivity contribution < 1.29 is 43.0 Å². The van der Waals surface area contributed by atoms with Crippen molar-refractivity contribution in [3.8, 4) is 11.1 Å². The minimum Gasteiger partial charge on any atom is -0.480 e. The van der Waals surface area contributed by atoms with Gasteiger partial charge in [0, 0.05) is 49.5 Å². The molecule has 55 heavy (non-hydrogen) atoms. The molecule has 2 aromatic carbocycles. The third-order valence-electron chi connectivity index (χ3n) is 9.26. The first-order chi connectivity index (χ1) is 26.0. The number of aliphatic carboxylic acids is 1. The summed E-state index contributed by atoms with van der Waals surface area (Å²) < 4.78 is 31.2. The molecule has 1 aromatic heterocycles. The molecule has 15 heteroatoms. The van der Waals surface area contributed by atoms with Gasteiger partial charge in [0.05, 0.1) is 18.1 Å². The van der Waals surface area contributed by atoms with E-state index in [1.54, 1.807) is 12.3 Å². The first-order valence-electron chi connectivity index (χ1n) is 18.3. The number of hydrogen-bond acceptors (Lipinski definition) is 8. The number of carbonyl (C=O) groups excluding carboxylic acids is 4. The summed E-state index contributed by atoms with van der Waals surface area (Å²) in [6.07, 6.45) is 2.59. The van der Waals surface area contributed by atoms with Crippen molar-refractivity contribution in [3.63, 3.8) is 0 Å². The lowest BCUT2D eigenvalue weighted by molar-refractivity contribution is -0.142. The third kappa shape index (κ3) is 13.1. The van der Waals surface area contributed by atoms with Crippen LogP contribution in [0.1, 0.15) is 83.5 Å². The number of benzene rings is 2. The summed E-state index contributed by atoms with van der Waals surface area (Å²) in [6.45, 7) is 6.59. The number of nitrogens with zero attached hydrogens (tertiary/aromatic N) is 2. The van der Waals surface area contributed by atoms with Crippen LogP contribution >= 0.6 is 0 Å². The van der Waals surface area contributed by atoms with Crippen LogP contribution < -0.4 is 22.1 Å². The lowest BCUT2D eigenvalue weighted by atomic mass is 9.82. The number of aliphatic hydroxyl groups is 1. The van der Waals surface area contributed by atoms with Crippen molar-refractivity contribution in [3.05, 3.63) is 83.7 Å². The number of nitrogens with two attached hydrogens (primary N) is 2. The Kier molecular flexibility index (Phi) is 16.7. The molecule has 1 unspecified atom stereocenters. The van der Waals surface area contributed by atoms with Crippen LogP contribution in [0.5, 0.6) is 0 Å². The van der Waals surface area contributed by atoms with Crippen molar-refractivity contribution >= 4 is 29.5 Å². The van der Waals surface area contributed by atoms with Gasteiger partial charge in [-0.1, -0.05) is 51.1 Å². The van der Waals surface area contributed by atoms with Crippen LogP contribution in [0.4, 0.5) is 8.78 Å². The van der Waals surface area contributed by atoms with E-state index in [0.29, 0.717) is 43.6 Å². The molecule has 4 atom stereocenters. The predicted molar refractivity (Wildman–Crippen MR) is 203 cm³/mol. The van der Waals surface area contributed by atoms with Gasteiger partial charge in [-0.3, -0.25) is 19.2 Å². The number of carboxylic acids is 1. The van der Waals surface area contributed by atoms with Crippen LogP contribution in [0.3, 0.4) is 0 Å². The predicted octanol–water partition coefficient (Wildman–Crippen LogP) is 3.66. The van der Waals surface area contributed by atoms with Gasteiger partial charge in [0.25, 0.3) is 0 Å². The molecule has 0 spiro atoms. The number of nitrogens with one attached hydrogen (secondary N) is 2. The quantitative estimate of drug-likeness (QED) is 0.0873. The zero-order valence-electron chi connectivity index (χ0n) is 31.9. The van der Waals surface area contributed by atoms with Gasteiger partial charge in [-0.2, -0.15) is 0 Å². The number of amides is 3. The summed E-state index contributed by atoms with van der Waals surface area (Å²) in [5.41, 5.74) is 12.9. The minimum absolute atomic E-state index is 0.0198. The molecule has 3 aromatic rings. The number of rotatable bonds is 21. The highest BCUT2D eigenvalue weighted by Gasteiger charge is 2.38. The summed E-state index contributed by atoms with van der Waals surface area (Å²) >= 11 is 0. The lowest BCUT2D eigenvalue weighted by Gasteiger charge is -2.41. The van der Waals surface area contributed by atoms with Crippen molar-refractivity contribution in [2.75, 3.05) is 19.7 Å². The van der Waals surface area contributed by atoms with Gasteiger partial charge in [-0.05, 0) is 73.9 Å². The molecule has 0 radical (unpaired) electrons. The van der Waals surface area contributed by atoms with E-state index in [-0.39, 0.29) is 37.2 Å². The van der Waals surface area contributed by atoms with E-state index in [9.17, 15) is 38.6 Å². The fourth-order valence-corrected chi connectivity index (χ4v) is 6.56. The second-order valence-corrected chi connectivity index (χ2v) is 14.7. The highest BCUT2D eigenvalue weighted by Crippen LogP contribution is 2.41. The lowest BCUT2D eigenvalue weighted by Crippen LogP contribution is -2.51. The topological polar surface area (TPSA) is 210 Å². The minimum atomic E-state index is -1.47. The maximum absolute atomic E-state index is 15.1. The zero-order valence-corrected chi connectivity index (χ0v) is 31.9. The van der Waals surface area contributed by atoms with Crippen molar-refractivity contribution in [1.82, 2.24) is 20.1 Å². The molecule has 0 saturated carbocycles. The monoisotopic (exact) mass is 768 g/mol. The Morgan fingerprint density at radius 2 is 1.62 bits per heavy atom. The second-order valence-electron chi connectivity index (χ2n) is 14.7. The first kappa shape index (κ1) is 44.4. The highest BCUT2D eigenvalue weighted by atomic mass is 19.1. The first-order valence-corrected chi connectivity index (χ1v) is 18.3. The summed E-state index contributed by atoms with van der Waals surface area (Å²) in [4.78, 5) is 64.8. The number of Topliss-reactive ketones (excluding diaryl/α,β-unsaturated/α-hetero) is 1. The van der Waals surface area contributed by atoms with Crippen molar-refractivity contribution in [2.24, 2.45) is 16.9 Å². The molecule has 1 heterocycles. The maximum atomic E-state index is 15.1. The van der Waals surface area contributed by atoms with Gasteiger partial charge >= 0.3 is 5.97 Å². The number of halogens is 2. The molecule has 13 nitrogen and oxygen atoms in total. The Balaban J connectivity index is 1.87. The van der Waals surface area contributed by atoms with Gasteiger partial charge in [0.15, 0.2) is 5.78 Å². The molecule has 3 amide bonds. The molecule has 0 aliphatic rings. The van der Waals surface area contributed by atoms with Crippen molar-refractivity contribution in [2.45, 2.75) is 96.9 Å². The Morgan fingerprint density at radius 3 is 2.22 bits per heavy atom. The van der Waals surface area contributed by atoms with E-state index in [2.05, 4.69) is 10.6 Å². The van der Waals surface area contributed by atoms with Crippen LogP contribution in [0.25, 0.3) is 11.1 Å². The third-order valence-corrected chi connectivity index (χ3v) is 9.26. The van der Waals surface area contributed by atoms with Crippen LogP contribution in [-0.2, 0) is 30.5 Å². The van der Waals surface area contributed by atoms with Crippen LogP contribution in [0.2, 0.25) is 0 Å². The standard InChI is InChI=1S/C40H54F2N6O7/c1-25(50)45-32(12-8-9-18-43)35(51)16-15-33(39(54)55)46-38(53)31(44)17-19-48(36(52)24-49)37(40(2,3)4)34-20-27(29-21-28(41)13-14-30(29)42)23-47(34)22-26-10-6-5-7-11-26/h5-7,10-11,13-14,20-21,23,31-33,37,49H,8-9,12,15-19,22,24,43-44H2,1-4H3,(H,45,50)(H,46,53)(H,54,55)/t31-,32-,33?,37-/m0/s1. The number of carbonyl (C=O) groups is 5. The Bertz CT molecular complexity index is 1780. The molecule has 0 saturated heterocycles. The molecule has 8 N–H and O–H groups in total. The molecular formula is C40H54F2N6O7. The Labute approximate surface area is 320 Å². The molecule has 3 rings (SSSR count). The van der Waals surface area contributed by atoms with Crippen molar-refractivity contribution in [1.29, 1.82) is 0 Å². The van der Waals surface area contributed by atoms with Gasteiger partial charge in [0.2, 0.25) is 17.7 Å². The molecular weight excluding hydrogens is 714 g/mol. The Morgan fingerprint density at radius 1 is 0.927 bits per heavy atom. The zero-order chi connectivity index (χ0) is 40.9. The molecule has 300 valence electrons. The Hall–Kier alpha value is -4.99. The molecule has 0 fully saturated rings. The van der Waals surface area contributed by atoms with Crippen LogP contribution in [-0.4, -0.2) is 87.0 Å². The van der Waals surface area contributed by atoms with Crippen LogP contribution in [0.15, 0.2) is 60.8 Å². The normalized spacial score (nSPS) is 13.7. The van der Waals surface area contributed by atoms with Gasteiger partial charge in [-0.15, -0.1) is 0 Å². The summed E-state index contributed by atoms with van der Waals surface area (Å²) in [5.74, 6) is -4.97. The number of aromatic nitrogens is 1. The number of ketones is 1. The molecule has 0 aliphatic heterocycles. The fourth-order valence-electron chi connectivity index (χ4n) is 6.56. The SMILES string of the molecule is CC(=O)N[C@@H](CCCCN)C(=O)CCC(NC(=O)[C@@H](N)CCN(C(=O)CO)[C@@H](c1cc(-c2cc(F)ccc2F)cn1Cc1ccccc1)C(C)(C)C)C(=O)O. The van der Waals surface area contributed by atoms with Gasteiger partial charge in [0.1, 0.15) is 24.3 Å². The van der Waals surface area contributed by atoms with E-state index in [1.807, 2.05) is 55.7 Å². The highest BCUT2D eigenvalue weighted by molar-refractivity contribution is 5.90. The number of carboxylic acid groups (broad SMARTS) is 1. The van der Waals surface area contributed by atoms with E-state index in [1.165, 1.54) is 11.8 Å². The largest absolute Gasteiger partial charge is 0.480 e.